The summed E-state index contributed by atoms with van der Waals surface area (Å²) in [5.41, 5.74) is 0.244. The van der Waals surface area contributed by atoms with Crippen LogP contribution in [0.1, 0.15) is 0 Å². The average Bonchev–Trinajstić information content (AvgIpc) is 2.87. The van der Waals surface area contributed by atoms with E-state index in [-0.39, 0.29) is 21.9 Å². The fourth-order valence-corrected chi connectivity index (χ4v) is 3.13. The van der Waals surface area contributed by atoms with E-state index < -0.39 is 22.4 Å². The van der Waals surface area contributed by atoms with Crippen LogP contribution in [0.4, 0.5) is 14.5 Å². The molecule has 0 unspecified atom stereocenters. The van der Waals surface area contributed by atoms with Crippen molar-refractivity contribution < 1.29 is 26.4 Å². The number of nitrogens with one attached hydrogen (secondary N) is 2. The molecule has 2 N–H and O–H groups in total. The number of sulfonamides is 1. The molecule has 0 amide bonds. The van der Waals surface area contributed by atoms with E-state index in [1.165, 1.54) is 36.4 Å². The summed E-state index contributed by atoms with van der Waals surface area (Å²) < 4.78 is 60.8. The lowest BCUT2D eigenvalue weighted by Crippen LogP contribution is -2.14. The van der Waals surface area contributed by atoms with Crippen LogP contribution >= 0.6 is 0 Å². The van der Waals surface area contributed by atoms with Crippen molar-refractivity contribution in [1.82, 2.24) is 4.98 Å². The van der Waals surface area contributed by atoms with Crippen molar-refractivity contribution in [3.05, 3.63) is 53.0 Å². The molecular formula is C14H10F2N2O5S. The van der Waals surface area contributed by atoms with Gasteiger partial charge in [-0.25, -0.2) is 13.2 Å². The van der Waals surface area contributed by atoms with E-state index in [9.17, 15) is 22.0 Å². The maximum absolute atomic E-state index is 12.4. The van der Waals surface area contributed by atoms with Crippen LogP contribution in [0.15, 0.2) is 56.6 Å². The van der Waals surface area contributed by atoms with Gasteiger partial charge in [-0.2, -0.15) is 8.78 Å². The molecular weight excluding hydrogens is 346 g/mol. The molecule has 7 nitrogen and oxygen atoms in total. The molecule has 0 aliphatic carbocycles. The molecule has 24 heavy (non-hydrogen) atoms. The first-order valence-electron chi connectivity index (χ1n) is 6.55. The molecule has 0 spiro atoms. The molecule has 1 aromatic heterocycles. The summed E-state index contributed by atoms with van der Waals surface area (Å²) in [6, 6.07) is 9.12. The van der Waals surface area contributed by atoms with Gasteiger partial charge < -0.3 is 9.15 Å². The van der Waals surface area contributed by atoms with Gasteiger partial charge in [0.05, 0.1) is 16.1 Å². The fraction of sp³-hybridized carbons (Fsp3) is 0.0714. The molecule has 0 aliphatic rings. The third kappa shape index (κ3) is 3.23. The maximum Gasteiger partial charge on any atom is 0.417 e. The second kappa shape index (κ2) is 5.96. The molecule has 3 aromatic rings. The van der Waals surface area contributed by atoms with Crippen LogP contribution in [0.25, 0.3) is 11.1 Å². The second-order valence-corrected chi connectivity index (χ2v) is 6.34. The molecule has 10 heteroatoms. The highest BCUT2D eigenvalue weighted by molar-refractivity contribution is 7.92. The van der Waals surface area contributed by atoms with Gasteiger partial charge in [0, 0.05) is 6.07 Å². The minimum Gasteiger partial charge on any atom is -0.433 e. The lowest BCUT2D eigenvalue weighted by molar-refractivity contribution is -0.0493. The van der Waals surface area contributed by atoms with Crippen LogP contribution in [0.3, 0.4) is 0 Å². The van der Waals surface area contributed by atoms with Gasteiger partial charge in [-0.15, -0.1) is 0 Å². The molecule has 0 radical (unpaired) electrons. The Balaban J connectivity index is 1.97. The van der Waals surface area contributed by atoms with Crippen molar-refractivity contribution in [2.45, 2.75) is 11.5 Å². The number of H-pyrrole nitrogens is 1. The minimum atomic E-state index is -4.10. The predicted octanol–water partition coefficient (Wildman–Crippen LogP) is 2.52. The lowest BCUT2D eigenvalue weighted by atomic mass is 10.3. The number of ether oxygens (including phenoxy) is 1. The summed E-state index contributed by atoms with van der Waals surface area (Å²) in [4.78, 5) is 13.3. The van der Waals surface area contributed by atoms with Crippen LogP contribution in [0, 0.1) is 0 Å². The Morgan fingerprint density at radius 2 is 1.92 bits per heavy atom. The Labute approximate surface area is 133 Å². The molecule has 1 heterocycles. The number of halogens is 2. The lowest BCUT2D eigenvalue weighted by Gasteiger charge is -2.12. The second-order valence-electron chi connectivity index (χ2n) is 4.65. The Morgan fingerprint density at radius 3 is 2.67 bits per heavy atom. The quantitative estimate of drug-likeness (QED) is 0.731. The first kappa shape index (κ1) is 16.0. The summed E-state index contributed by atoms with van der Waals surface area (Å²) in [7, 11) is -4.10. The fourth-order valence-electron chi connectivity index (χ4n) is 2.05. The van der Waals surface area contributed by atoms with Crippen molar-refractivity contribution in [2.75, 3.05) is 4.72 Å². The number of para-hydroxylation sites is 2. The maximum atomic E-state index is 12.4. The summed E-state index contributed by atoms with van der Waals surface area (Å²) >= 11 is 0. The normalized spacial score (nSPS) is 11.8. The zero-order valence-corrected chi connectivity index (χ0v) is 12.6. The number of oxazole rings is 1. The Morgan fingerprint density at radius 1 is 1.17 bits per heavy atom. The first-order chi connectivity index (χ1) is 11.3. The highest BCUT2D eigenvalue weighted by Gasteiger charge is 2.19. The standard InChI is InChI=1S/C14H10F2N2O5S/c15-13(16)22-11-4-2-1-3-10(11)18-24(20,21)8-5-6-9-12(7-8)23-14(19)17-9/h1-7,13,18H,(H,17,19). The molecule has 0 bridgehead atoms. The van der Waals surface area contributed by atoms with Gasteiger partial charge >= 0.3 is 12.4 Å². The van der Waals surface area contributed by atoms with Crippen LogP contribution in [-0.2, 0) is 10.0 Å². The molecule has 0 saturated heterocycles. The Bertz CT molecular complexity index is 1040. The number of rotatable bonds is 5. The van der Waals surface area contributed by atoms with Gasteiger partial charge in [-0.05, 0) is 24.3 Å². The van der Waals surface area contributed by atoms with Crippen molar-refractivity contribution in [3.63, 3.8) is 0 Å². The topological polar surface area (TPSA) is 101 Å². The Hall–Kier alpha value is -2.88. The number of fused-ring (bicyclic) bond motifs is 1. The smallest absolute Gasteiger partial charge is 0.417 e. The van der Waals surface area contributed by atoms with Crippen LogP contribution in [0.2, 0.25) is 0 Å². The van der Waals surface area contributed by atoms with Gasteiger partial charge in [-0.1, -0.05) is 12.1 Å². The highest BCUT2D eigenvalue weighted by Crippen LogP contribution is 2.28. The monoisotopic (exact) mass is 356 g/mol. The number of benzene rings is 2. The molecule has 0 atom stereocenters. The van der Waals surface area contributed by atoms with E-state index in [1.54, 1.807) is 0 Å². The molecule has 0 aliphatic heterocycles. The third-order valence-electron chi connectivity index (χ3n) is 3.05. The molecule has 126 valence electrons. The number of anilines is 1. The van der Waals surface area contributed by atoms with E-state index in [0.29, 0.717) is 5.52 Å². The first-order valence-corrected chi connectivity index (χ1v) is 8.03. The number of alkyl halides is 2. The number of hydrogen-bond acceptors (Lipinski definition) is 5. The number of aromatic amines is 1. The predicted molar refractivity (Wildman–Crippen MR) is 80.7 cm³/mol. The molecule has 0 fully saturated rings. The van der Waals surface area contributed by atoms with Gasteiger partial charge in [0.2, 0.25) is 0 Å². The molecule has 2 aromatic carbocycles. The average molecular weight is 356 g/mol. The molecule has 0 saturated carbocycles. The summed E-state index contributed by atoms with van der Waals surface area (Å²) in [6.45, 7) is -3.10. The van der Waals surface area contributed by atoms with E-state index in [0.717, 1.165) is 6.07 Å². The summed E-state index contributed by atoms with van der Waals surface area (Å²) in [5.74, 6) is -1.03. The van der Waals surface area contributed by atoms with Crippen LogP contribution in [-0.4, -0.2) is 20.0 Å². The van der Waals surface area contributed by atoms with Crippen molar-refractivity contribution >= 4 is 26.8 Å². The SMILES string of the molecule is O=c1[nH]c2ccc(S(=O)(=O)Nc3ccccc3OC(F)F)cc2o1. The van der Waals surface area contributed by atoms with Gasteiger partial charge in [-0.3, -0.25) is 9.71 Å². The van der Waals surface area contributed by atoms with Crippen LogP contribution < -0.4 is 15.2 Å². The summed E-state index contributed by atoms with van der Waals surface area (Å²) in [5, 5.41) is 0. The van der Waals surface area contributed by atoms with E-state index >= 15 is 0 Å². The zero-order valence-electron chi connectivity index (χ0n) is 11.8. The highest BCUT2D eigenvalue weighted by atomic mass is 32.2. The minimum absolute atomic E-state index is 0.0555. The number of aromatic nitrogens is 1. The zero-order chi connectivity index (χ0) is 17.3. The van der Waals surface area contributed by atoms with Crippen LogP contribution in [0.5, 0.6) is 5.75 Å². The van der Waals surface area contributed by atoms with Gasteiger partial charge in [0.15, 0.2) is 5.58 Å². The summed E-state index contributed by atoms with van der Waals surface area (Å²) in [6.07, 6.45) is 0. The van der Waals surface area contributed by atoms with Crippen molar-refractivity contribution in [3.8, 4) is 5.75 Å². The van der Waals surface area contributed by atoms with Gasteiger partial charge in [0.25, 0.3) is 10.0 Å². The van der Waals surface area contributed by atoms with Crippen molar-refractivity contribution in [2.24, 2.45) is 0 Å². The van der Waals surface area contributed by atoms with Crippen molar-refractivity contribution in [1.29, 1.82) is 0 Å². The number of hydrogen-bond donors (Lipinski definition) is 2. The van der Waals surface area contributed by atoms with E-state index in [1.807, 2.05) is 0 Å². The van der Waals surface area contributed by atoms with Gasteiger partial charge in [0.1, 0.15) is 5.75 Å². The Kier molecular flexibility index (Phi) is 3.97. The largest absolute Gasteiger partial charge is 0.433 e. The van der Waals surface area contributed by atoms with E-state index in [2.05, 4.69) is 14.4 Å². The third-order valence-corrected chi connectivity index (χ3v) is 4.41. The van der Waals surface area contributed by atoms with E-state index in [4.69, 9.17) is 4.42 Å². The molecule has 3 rings (SSSR count).